The largest absolute Gasteiger partial charge is 0.463 e. The average Bonchev–Trinajstić information content (AvgIpc) is 2.67. The van der Waals surface area contributed by atoms with E-state index in [0.29, 0.717) is 37.9 Å². The van der Waals surface area contributed by atoms with Crippen molar-refractivity contribution in [3.05, 3.63) is 0 Å². The lowest BCUT2D eigenvalue weighted by atomic mass is 10.2. The average molecular weight is 382 g/mol. The van der Waals surface area contributed by atoms with Crippen molar-refractivity contribution in [2.75, 3.05) is 19.8 Å². The Hall–Kier alpha value is -1.59. The molecule has 0 amide bonds. The van der Waals surface area contributed by atoms with E-state index < -0.39 is 0 Å². The van der Waals surface area contributed by atoms with Crippen molar-refractivity contribution in [3.8, 4) is 18.0 Å². The molecule has 1 rings (SSSR count). The topological polar surface area (TPSA) is 66.4 Å². The molecule has 0 unspecified atom stereocenters. The zero-order chi connectivity index (χ0) is 19.6. The van der Waals surface area contributed by atoms with Crippen LogP contribution in [0.2, 0.25) is 0 Å². The standard InChI is InChI=1S/C21H39N3O3/c1-4-7-10-13-16-25-19-22-20(26-17-14-11-8-5-2)24-21(23-19)27-18-15-12-9-6-3/h4-18H2,1-3H3. The number of hydrogen-bond donors (Lipinski definition) is 0. The van der Waals surface area contributed by atoms with Crippen LogP contribution in [0.15, 0.2) is 0 Å². The van der Waals surface area contributed by atoms with Gasteiger partial charge in [-0.3, -0.25) is 0 Å². The van der Waals surface area contributed by atoms with Crippen LogP contribution in [-0.4, -0.2) is 34.8 Å². The second kappa shape index (κ2) is 16.6. The van der Waals surface area contributed by atoms with Crippen LogP contribution in [0.1, 0.15) is 97.8 Å². The molecule has 156 valence electrons. The van der Waals surface area contributed by atoms with Gasteiger partial charge in [0.1, 0.15) is 0 Å². The Kier molecular flexibility index (Phi) is 14.4. The van der Waals surface area contributed by atoms with E-state index in [1.807, 2.05) is 0 Å². The van der Waals surface area contributed by atoms with Crippen LogP contribution in [0, 0.1) is 0 Å². The highest BCUT2D eigenvalue weighted by molar-refractivity contribution is 5.09. The highest BCUT2D eigenvalue weighted by Gasteiger charge is 2.10. The van der Waals surface area contributed by atoms with Crippen LogP contribution in [0.4, 0.5) is 0 Å². The highest BCUT2D eigenvalue weighted by atomic mass is 16.5. The summed E-state index contributed by atoms with van der Waals surface area (Å²) in [5.41, 5.74) is 0. The zero-order valence-corrected chi connectivity index (χ0v) is 17.7. The second-order valence-corrected chi connectivity index (χ2v) is 6.91. The van der Waals surface area contributed by atoms with Gasteiger partial charge in [0.05, 0.1) is 19.8 Å². The summed E-state index contributed by atoms with van der Waals surface area (Å²) in [7, 11) is 0. The maximum absolute atomic E-state index is 5.70. The Balaban J connectivity index is 2.52. The van der Waals surface area contributed by atoms with Crippen LogP contribution in [0.5, 0.6) is 18.0 Å². The molecule has 0 aliphatic heterocycles. The molecule has 0 bridgehead atoms. The Morgan fingerprint density at radius 1 is 0.444 bits per heavy atom. The van der Waals surface area contributed by atoms with Gasteiger partial charge in [0, 0.05) is 0 Å². The Labute approximate surface area is 165 Å². The highest BCUT2D eigenvalue weighted by Crippen LogP contribution is 2.16. The van der Waals surface area contributed by atoms with Gasteiger partial charge in [-0.25, -0.2) is 0 Å². The third-order valence-corrected chi connectivity index (χ3v) is 4.26. The molecule has 0 radical (unpaired) electrons. The fraction of sp³-hybridized carbons (Fsp3) is 0.857. The first kappa shape index (κ1) is 23.4. The monoisotopic (exact) mass is 381 g/mol. The first-order valence-electron chi connectivity index (χ1n) is 10.9. The van der Waals surface area contributed by atoms with E-state index in [1.54, 1.807) is 0 Å². The van der Waals surface area contributed by atoms with E-state index in [2.05, 4.69) is 35.7 Å². The number of unbranched alkanes of at least 4 members (excludes halogenated alkanes) is 9. The molecule has 0 aliphatic rings. The number of rotatable bonds is 18. The molecule has 1 aromatic rings. The molecule has 0 atom stereocenters. The zero-order valence-electron chi connectivity index (χ0n) is 17.7. The Bertz CT molecular complexity index is 393. The fourth-order valence-electron chi connectivity index (χ4n) is 2.59. The summed E-state index contributed by atoms with van der Waals surface area (Å²) in [6.45, 7) is 8.41. The summed E-state index contributed by atoms with van der Waals surface area (Å²) in [6, 6.07) is 0.899. The smallest absolute Gasteiger partial charge is 0.325 e. The molecule has 6 nitrogen and oxygen atoms in total. The van der Waals surface area contributed by atoms with Crippen molar-refractivity contribution < 1.29 is 14.2 Å². The predicted molar refractivity (Wildman–Crippen MR) is 109 cm³/mol. The van der Waals surface area contributed by atoms with E-state index in [0.717, 1.165) is 38.5 Å². The van der Waals surface area contributed by atoms with E-state index in [-0.39, 0.29) is 0 Å². The first-order chi connectivity index (χ1) is 13.3. The number of aromatic nitrogens is 3. The number of nitrogens with zero attached hydrogens (tertiary/aromatic N) is 3. The molecule has 0 fully saturated rings. The minimum atomic E-state index is 0.300. The van der Waals surface area contributed by atoms with Crippen molar-refractivity contribution in [2.24, 2.45) is 0 Å². The molecule has 0 saturated carbocycles. The molecule has 27 heavy (non-hydrogen) atoms. The second-order valence-electron chi connectivity index (χ2n) is 6.91. The molecule has 0 spiro atoms. The summed E-state index contributed by atoms with van der Waals surface area (Å²) >= 11 is 0. The lowest BCUT2D eigenvalue weighted by molar-refractivity contribution is 0.227. The molecular formula is C21H39N3O3. The first-order valence-corrected chi connectivity index (χ1v) is 10.9. The van der Waals surface area contributed by atoms with Crippen LogP contribution >= 0.6 is 0 Å². The molecule has 6 heteroatoms. The lowest BCUT2D eigenvalue weighted by Gasteiger charge is -2.10. The van der Waals surface area contributed by atoms with Crippen LogP contribution in [0.3, 0.4) is 0 Å². The summed E-state index contributed by atoms with van der Waals surface area (Å²) in [5, 5.41) is 0. The van der Waals surface area contributed by atoms with Gasteiger partial charge in [-0.2, -0.15) is 0 Å². The molecule has 0 saturated heterocycles. The van der Waals surface area contributed by atoms with Crippen molar-refractivity contribution in [2.45, 2.75) is 97.8 Å². The van der Waals surface area contributed by atoms with E-state index in [4.69, 9.17) is 14.2 Å². The minimum absolute atomic E-state index is 0.300. The molecular weight excluding hydrogens is 342 g/mol. The fourth-order valence-corrected chi connectivity index (χ4v) is 2.59. The molecule has 0 aliphatic carbocycles. The maximum Gasteiger partial charge on any atom is 0.325 e. The normalized spacial score (nSPS) is 10.8. The number of ether oxygens (including phenoxy) is 3. The third-order valence-electron chi connectivity index (χ3n) is 4.26. The summed E-state index contributed by atoms with van der Waals surface area (Å²) < 4.78 is 17.1. The van der Waals surface area contributed by atoms with Gasteiger partial charge in [0.25, 0.3) is 0 Å². The lowest BCUT2D eigenvalue weighted by Crippen LogP contribution is -2.09. The van der Waals surface area contributed by atoms with Gasteiger partial charge in [-0.05, 0) is 19.3 Å². The van der Waals surface area contributed by atoms with Gasteiger partial charge < -0.3 is 14.2 Å². The number of hydrogen-bond acceptors (Lipinski definition) is 6. The third kappa shape index (κ3) is 12.4. The van der Waals surface area contributed by atoms with Crippen molar-refractivity contribution >= 4 is 0 Å². The van der Waals surface area contributed by atoms with Crippen molar-refractivity contribution in [1.82, 2.24) is 15.0 Å². The summed E-state index contributed by atoms with van der Waals surface area (Å²) in [6.07, 6.45) is 13.7. The summed E-state index contributed by atoms with van der Waals surface area (Å²) in [4.78, 5) is 12.8. The van der Waals surface area contributed by atoms with Gasteiger partial charge in [-0.15, -0.1) is 15.0 Å². The molecule has 0 N–H and O–H groups in total. The maximum atomic E-state index is 5.70. The van der Waals surface area contributed by atoms with Gasteiger partial charge >= 0.3 is 18.0 Å². The van der Waals surface area contributed by atoms with Gasteiger partial charge in [0.2, 0.25) is 0 Å². The van der Waals surface area contributed by atoms with Crippen molar-refractivity contribution in [1.29, 1.82) is 0 Å². The van der Waals surface area contributed by atoms with Crippen LogP contribution in [0.25, 0.3) is 0 Å². The predicted octanol–water partition coefficient (Wildman–Crippen LogP) is 5.75. The van der Waals surface area contributed by atoms with E-state index in [1.165, 1.54) is 38.5 Å². The van der Waals surface area contributed by atoms with Crippen LogP contribution < -0.4 is 14.2 Å². The SMILES string of the molecule is CCCCCCOc1nc(OCCCCCC)nc(OCCCCCC)n1. The van der Waals surface area contributed by atoms with Gasteiger partial charge in [0.15, 0.2) is 0 Å². The minimum Gasteiger partial charge on any atom is -0.463 e. The Morgan fingerprint density at radius 2 is 0.741 bits per heavy atom. The van der Waals surface area contributed by atoms with Crippen molar-refractivity contribution in [3.63, 3.8) is 0 Å². The molecule has 1 aromatic heterocycles. The molecule has 0 aromatic carbocycles. The quantitative estimate of drug-likeness (QED) is 0.302. The van der Waals surface area contributed by atoms with E-state index in [9.17, 15) is 0 Å². The Morgan fingerprint density at radius 3 is 1.00 bits per heavy atom. The van der Waals surface area contributed by atoms with Gasteiger partial charge in [-0.1, -0.05) is 78.6 Å². The van der Waals surface area contributed by atoms with E-state index >= 15 is 0 Å². The van der Waals surface area contributed by atoms with Crippen LogP contribution in [-0.2, 0) is 0 Å². The molecule has 1 heterocycles. The summed E-state index contributed by atoms with van der Waals surface area (Å²) in [5.74, 6) is 0.